The molecule has 0 aromatic carbocycles. The lowest BCUT2D eigenvalue weighted by molar-refractivity contribution is 0.101. The van der Waals surface area contributed by atoms with Crippen LogP contribution < -0.4 is 15.4 Å². The fraction of sp³-hybridized carbons (Fsp3) is 0.571. The summed E-state index contributed by atoms with van der Waals surface area (Å²) in [4.78, 5) is 17.0. The van der Waals surface area contributed by atoms with Gasteiger partial charge in [-0.15, -0.1) is 0 Å². The number of carbonyl (C=O) groups excluding carboxylic acids is 1. The number of carbonyl (C=O) groups is 1. The van der Waals surface area contributed by atoms with Crippen LogP contribution in [0.15, 0.2) is 30.6 Å². The Bertz CT molecular complexity index is 779. The molecule has 1 aliphatic heterocycles. The number of ether oxygens (including phenoxy) is 1. The second kappa shape index (κ2) is 9.19. The van der Waals surface area contributed by atoms with Gasteiger partial charge in [0.05, 0.1) is 12.6 Å². The largest absolute Gasteiger partial charge is 0.489 e. The molecule has 2 N–H and O–H groups in total. The number of anilines is 1. The van der Waals surface area contributed by atoms with Crippen LogP contribution in [0, 0.1) is 5.92 Å². The molecular weight excluding hydrogens is 354 g/mol. The number of pyridine rings is 1. The van der Waals surface area contributed by atoms with E-state index in [0.29, 0.717) is 35.8 Å². The number of piperidine rings is 1. The molecule has 1 saturated carbocycles. The van der Waals surface area contributed by atoms with Crippen LogP contribution in [0.4, 0.5) is 5.82 Å². The molecule has 1 aliphatic carbocycles. The predicted molar refractivity (Wildman–Crippen MR) is 108 cm³/mol. The van der Waals surface area contributed by atoms with Crippen molar-refractivity contribution in [3.63, 3.8) is 0 Å². The molecule has 2 aromatic rings. The van der Waals surface area contributed by atoms with Gasteiger partial charge in [-0.1, -0.05) is 19.3 Å². The Morgan fingerprint density at radius 2 is 2.11 bits per heavy atom. The number of aromatic nitrogens is 3. The molecule has 0 radical (unpaired) electrons. The SMILES string of the molecule is O=C(Nc1ncccc1OCC1CCCCC1)c1ccn(C2CCCNC2)n1. The number of nitrogens with one attached hydrogen (secondary N) is 2. The highest BCUT2D eigenvalue weighted by atomic mass is 16.5. The third kappa shape index (κ3) is 4.70. The minimum atomic E-state index is -0.260. The van der Waals surface area contributed by atoms with Crippen LogP contribution in [0.1, 0.15) is 61.5 Å². The first-order valence-corrected chi connectivity index (χ1v) is 10.4. The second-order valence-electron chi connectivity index (χ2n) is 7.80. The number of hydrogen-bond donors (Lipinski definition) is 2. The first kappa shape index (κ1) is 18.9. The highest BCUT2D eigenvalue weighted by molar-refractivity contribution is 6.02. The van der Waals surface area contributed by atoms with Crippen molar-refractivity contribution in [3.8, 4) is 5.75 Å². The Hall–Kier alpha value is -2.41. The summed E-state index contributed by atoms with van der Waals surface area (Å²) >= 11 is 0. The zero-order valence-electron chi connectivity index (χ0n) is 16.3. The van der Waals surface area contributed by atoms with Gasteiger partial charge >= 0.3 is 0 Å². The Kier molecular flexibility index (Phi) is 6.21. The molecule has 2 aromatic heterocycles. The summed E-state index contributed by atoms with van der Waals surface area (Å²) in [5, 5.41) is 10.7. The number of nitrogens with zero attached hydrogens (tertiary/aromatic N) is 3. The van der Waals surface area contributed by atoms with Crippen molar-refractivity contribution in [2.75, 3.05) is 25.0 Å². The van der Waals surface area contributed by atoms with Crippen LogP contribution in [-0.4, -0.2) is 40.4 Å². The third-order valence-electron chi connectivity index (χ3n) is 5.69. The predicted octanol–water partition coefficient (Wildman–Crippen LogP) is 3.41. The fourth-order valence-electron chi connectivity index (χ4n) is 4.06. The Balaban J connectivity index is 1.38. The van der Waals surface area contributed by atoms with Gasteiger partial charge in [-0.2, -0.15) is 5.10 Å². The Morgan fingerprint density at radius 1 is 1.21 bits per heavy atom. The van der Waals surface area contributed by atoms with E-state index < -0.39 is 0 Å². The van der Waals surface area contributed by atoms with Gasteiger partial charge in [0, 0.05) is 18.9 Å². The molecule has 1 amide bonds. The van der Waals surface area contributed by atoms with Crippen molar-refractivity contribution in [1.82, 2.24) is 20.1 Å². The van der Waals surface area contributed by atoms with E-state index in [2.05, 4.69) is 20.7 Å². The Morgan fingerprint density at radius 3 is 2.93 bits per heavy atom. The van der Waals surface area contributed by atoms with Crippen molar-refractivity contribution < 1.29 is 9.53 Å². The summed E-state index contributed by atoms with van der Waals surface area (Å²) in [6, 6.07) is 5.75. The zero-order valence-corrected chi connectivity index (χ0v) is 16.3. The first-order valence-electron chi connectivity index (χ1n) is 10.4. The molecule has 4 rings (SSSR count). The summed E-state index contributed by atoms with van der Waals surface area (Å²) in [5.41, 5.74) is 0.398. The summed E-state index contributed by atoms with van der Waals surface area (Å²) in [6.07, 6.45) is 12.1. The summed E-state index contributed by atoms with van der Waals surface area (Å²) < 4.78 is 7.89. The molecular formula is C21H29N5O2. The van der Waals surface area contributed by atoms with E-state index in [1.54, 1.807) is 12.3 Å². The quantitative estimate of drug-likeness (QED) is 0.799. The van der Waals surface area contributed by atoms with Crippen molar-refractivity contribution in [2.24, 2.45) is 5.92 Å². The average molecular weight is 383 g/mol. The Labute approximate surface area is 165 Å². The summed E-state index contributed by atoms with van der Waals surface area (Å²) in [7, 11) is 0. The van der Waals surface area contributed by atoms with E-state index >= 15 is 0 Å². The summed E-state index contributed by atoms with van der Waals surface area (Å²) in [6.45, 7) is 2.62. The van der Waals surface area contributed by atoms with E-state index in [-0.39, 0.29) is 5.91 Å². The molecule has 0 spiro atoms. The van der Waals surface area contributed by atoms with Crippen LogP contribution >= 0.6 is 0 Å². The first-order chi connectivity index (χ1) is 13.8. The molecule has 1 atom stereocenters. The molecule has 3 heterocycles. The van der Waals surface area contributed by atoms with E-state index in [1.165, 1.54) is 32.1 Å². The van der Waals surface area contributed by atoms with Gasteiger partial charge in [0.25, 0.3) is 5.91 Å². The van der Waals surface area contributed by atoms with Gasteiger partial charge in [0.1, 0.15) is 0 Å². The molecule has 2 fully saturated rings. The average Bonchev–Trinajstić information content (AvgIpc) is 3.25. The maximum atomic E-state index is 12.7. The molecule has 7 heteroatoms. The van der Waals surface area contributed by atoms with Gasteiger partial charge in [-0.05, 0) is 56.3 Å². The monoisotopic (exact) mass is 383 g/mol. The van der Waals surface area contributed by atoms with Crippen LogP contribution in [0.5, 0.6) is 5.75 Å². The number of rotatable bonds is 6. The van der Waals surface area contributed by atoms with Crippen molar-refractivity contribution in [2.45, 2.75) is 51.0 Å². The van der Waals surface area contributed by atoms with E-state index in [9.17, 15) is 4.79 Å². The van der Waals surface area contributed by atoms with E-state index in [4.69, 9.17) is 4.74 Å². The standard InChI is InChI=1S/C21H29N5O2/c27-21(18-10-13-26(25-18)17-8-4-11-22-14-17)24-20-19(9-5-12-23-20)28-15-16-6-2-1-3-7-16/h5,9-10,12-13,16-17,22H,1-4,6-8,11,14-15H2,(H,23,24,27). The summed E-state index contributed by atoms with van der Waals surface area (Å²) in [5.74, 6) is 1.41. The second-order valence-corrected chi connectivity index (χ2v) is 7.80. The normalized spacial score (nSPS) is 20.6. The minimum absolute atomic E-state index is 0.260. The van der Waals surface area contributed by atoms with Crippen LogP contribution in [-0.2, 0) is 0 Å². The molecule has 0 bridgehead atoms. The molecule has 28 heavy (non-hydrogen) atoms. The van der Waals surface area contributed by atoms with Gasteiger partial charge in [0.15, 0.2) is 17.3 Å². The van der Waals surface area contributed by atoms with Gasteiger partial charge in [0.2, 0.25) is 0 Å². The molecule has 7 nitrogen and oxygen atoms in total. The molecule has 150 valence electrons. The molecule has 2 aliphatic rings. The van der Waals surface area contributed by atoms with Crippen LogP contribution in [0.25, 0.3) is 0 Å². The van der Waals surface area contributed by atoms with E-state index in [1.807, 2.05) is 23.0 Å². The van der Waals surface area contributed by atoms with Crippen LogP contribution in [0.2, 0.25) is 0 Å². The van der Waals surface area contributed by atoms with Gasteiger partial charge in [-0.3, -0.25) is 9.48 Å². The topological polar surface area (TPSA) is 81.1 Å². The molecule has 1 saturated heterocycles. The smallest absolute Gasteiger partial charge is 0.277 e. The lowest BCUT2D eigenvalue weighted by Crippen LogP contribution is -2.32. The van der Waals surface area contributed by atoms with Crippen molar-refractivity contribution in [3.05, 3.63) is 36.3 Å². The fourth-order valence-corrected chi connectivity index (χ4v) is 4.06. The third-order valence-corrected chi connectivity index (χ3v) is 5.69. The highest BCUT2D eigenvalue weighted by Gasteiger charge is 2.19. The van der Waals surface area contributed by atoms with E-state index in [0.717, 1.165) is 25.9 Å². The maximum Gasteiger partial charge on any atom is 0.277 e. The highest BCUT2D eigenvalue weighted by Crippen LogP contribution is 2.27. The van der Waals surface area contributed by atoms with Crippen LogP contribution in [0.3, 0.4) is 0 Å². The molecule has 1 unspecified atom stereocenters. The minimum Gasteiger partial charge on any atom is -0.489 e. The van der Waals surface area contributed by atoms with Crippen molar-refractivity contribution >= 4 is 11.7 Å². The maximum absolute atomic E-state index is 12.7. The van der Waals surface area contributed by atoms with Gasteiger partial charge in [-0.25, -0.2) is 4.98 Å². The van der Waals surface area contributed by atoms with Crippen molar-refractivity contribution in [1.29, 1.82) is 0 Å². The van der Waals surface area contributed by atoms with Gasteiger partial charge < -0.3 is 15.4 Å². The lowest BCUT2D eigenvalue weighted by atomic mass is 9.90. The zero-order chi connectivity index (χ0) is 19.2. The number of amides is 1. The number of hydrogen-bond acceptors (Lipinski definition) is 5. The lowest BCUT2D eigenvalue weighted by Gasteiger charge is -2.23.